The Morgan fingerprint density at radius 3 is 2.90 bits per heavy atom. The van der Waals surface area contributed by atoms with Crippen LogP contribution in [0.3, 0.4) is 0 Å². The second-order valence-electron chi connectivity index (χ2n) is 4.92. The molecular formula is C14H22N6. The average Bonchev–Trinajstić information content (AvgIpc) is 2.88. The molecule has 2 aromatic rings. The second-order valence-corrected chi connectivity index (χ2v) is 4.92. The molecule has 0 saturated heterocycles. The van der Waals surface area contributed by atoms with E-state index in [4.69, 9.17) is 0 Å². The minimum absolute atomic E-state index is 0.239. The Hall–Kier alpha value is -2.11. The molecule has 0 aliphatic rings. The van der Waals surface area contributed by atoms with Crippen molar-refractivity contribution in [3.63, 3.8) is 0 Å². The molecular weight excluding hydrogens is 252 g/mol. The number of hydrogen-bond donors (Lipinski definition) is 2. The van der Waals surface area contributed by atoms with Gasteiger partial charge in [-0.3, -0.25) is 4.68 Å². The van der Waals surface area contributed by atoms with Crippen molar-refractivity contribution < 1.29 is 0 Å². The van der Waals surface area contributed by atoms with E-state index in [9.17, 15) is 0 Å². The van der Waals surface area contributed by atoms with E-state index in [2.05, 4.69) is 39.5 Å². The van der Waals surface area contributed by atoms with Crippen LogP contribution in [0.1, 0.15) is 26.0 Å². The van der Waals surface area contributed by atoms with Gasteiger partial charge >= 0.3 is 0 Å². The van der Waals surface area contributed by atoms with Crippen molar-refractivity contribution in [1.82, 2.24) is 19.7 Å². The standard InChI is InChI=1S/C14H22N6/c1-4-6-15-14-18-11(2)9-13(19-14)17-12(3)10-20-8-5-7-16-20/h5,7-9,12H,4,6,10H2,1-3H3,(H2,15,17,18,19). The van der Waals surface area contributed by atoms with Gasteiger partial charge < -0.3 is 10.6 Å². The van der Waals surface area contributed by atoms with Crippen molar-refractivity contribution in [3.05, 3.63) is 30.2 Å². The molecule has 0 spiro atoms. The Bertz CT molecular complexity index is 522. The van der Waals surface area contributed by atoms with Crippen LogP contribution >= 0.6 is 0 Å². The fraction of sp³-hybridized carbons (Fsp3) is 0.500. The quantitative estimate of drug-likeness (QED) is 0.811. The summed E-state index contributed by atoms with van der Waals surface area (Å²) < 4.78 is 1.90. The average molecular weight is 274 g/mol. The molecule has 2 heterocycles. The van der Waals surface area contributed by atoms with Gasteiger partial charge in [-0.2, -0.15) is 10.1 Å². The van der Waals surface area contributed by atoms with Gasteiger partial charge in [0.15, 0.2) is 0 Å². The zero-order valence-corrected chi connectivity index (χ0v) is 12.3. The van der Waals surface area contributed by atoms with E-state index in [1.807, 2.05) is 29.9 Å². The molecule has 0 radical (unpaired) electrons. The lowest BCUT2D eigenvalue weighted by atomic mass is 10.3. The minimum Gasteiger partial charge on any atom is -0.366 e. The van der Waals surface area contributed by atoms with Crippen LogP contribution in [0.25, 0.3) is 0 Å². The molecule has 1 unspecified atom stereocenters. The molecule has 1 atom stereocenters. The number of nitrogens with zero attached hydrogens (tertiary/aromatic N) is 4. The summed E-state index contributed by atoms with van der Waals surface area (Å²) in [7, 11) is 0. The maximum atomic E-state index is 4.48. The van der Waals surface area contributed by atoms with E-state index in [1.165, 1.54) is 0 Å². The zero-order chi connectivity index (χ0) is 14.4. The van der Waals surface area contributed by atoms with Gasteiger partial charge in [0.25, 0.3) is 0 Å². The Labute approximate surface area is 119 Å². The highest BCUT2D eigenvalue weighted by Crippen LogP contribution is 2.11. The van der Waals surface area contributed by atoms with E-state index in [1.54, 1.807) is 6.20 Å². The number of aryl methyl sites for hydroxylation is 1. The number of rotatable bonds is 7. The smallest absolute Gasteiger partial charge is 0.224 e. The van der Waals surface area contributed by atoms with Gasteiger partial charge in [0.05, 0.1) is 6.54 Å². The number of nitrogens with one attached hydrogen (secondary N) is 2. The second kappa shape index (κ2) is 6.88. The van der Waals surface area contributed by atoms with Crippen LogP contribution in [-0.2, 0) is 6.54 Å². The molecule has 108 valence electrons. The first-order valence-corrected chi connectivity index (χ1v) is 7.01. The third kappa shape index (κ3) is 4.22. The fourth-order valence-electron chi connectivity index (χ4n) is 1.95. The number of anilines is 2. The lowest BCUT2D eigenvalue weighted by Crippen LogP contribution is -2.23. The van der Waals surface area contributed by atoms with Gasteiger partial charge in [-0.1, -0.05) is 6.92 Å². The molecule has 0 bridgehead atoms. The summed E-state index contributed by atoms with van der Waals surface area (Å²) in [5, 5.41) is 10.8. The van der Waals surface area contributed by atoms with Crippen LogP contribution in [0.2, 0.25) is 0 Å². The van der Waals surface area contributed by atoms with Gasteiger partial charge in [0.1, 0.15) is 5.82 Å². The Morgan fingerprint density at radius 2 is 2.20 bits per heavy atom. The molecule has 0 saturated carbocycles. The highest BCUT2D eigenvalue weighted by molar-refractivity contribution is 5.42. The van der Waals surface area contributed by atoms with E-state index in [0.717, 1.165) is 31.0 Å². The van der Waals surface area contributed by atoms with Crippen molar-refractivity contribution in [2.75, 3.05) is 17.2 Å². The SMILES string of the molecule is CCCNc1nc(C)cc(NC(C)Cn2cccn2)n1. The highest BCUT2D eigenvalue weighted by atomic mass is 15.3. The van der Waals surface area contributed by atoms with Crippen molar-refractivity contribution in [3.8, 4) is 0 Å². The predicted molar refractivity (Wildman–Crippen MR) is 80.9 cm³/mol. The lowest BCUT2D eigenvalue weighted by molar-refractivity contribution is 0.559. The van der Waals surface area contributed by atoms with Crippen LogP contribution in [0.15, 0.2) is 24.5 Å². The molecule has 0 aliphatic carbocycles. The molecule has 2 rings (SSSR count). The van der Waals surface area contributed by atoms with E-state index < -0.39 is 0 Å². The third-order valence-corrected chi connectivity index (χ3v) is 2.80. The summed E-state index contributed by atoms with van der Waals surface area (Å²) in [6.45, 7) is 7.88. The Kier molecular flexibility index (Phi) is 4.92. The van der Waals surface area contributed by atoms with Gasteiger partial charge in [-0.25, -0.2) is 4.98 Å². The minimum atomic E-state index is 0.239. The number of aromatic nitrogens is 4. The summed E-state index contributed by atoms with van der Waals surface area (Å²) in [6.07, 6.45) is 4.79. The monoisotopic (exact) mass is 274 g/mol. The molecule has 2 N–H and O–H groups in total. The molecule has 20 heavy (non-hydrogen) atoms. The fourth-order valence-corrected chi connectivity index (χ4v) is 1.95. The molecule has 0 aliphatic heterocycles. The van der Waals surface area contributed by atoms with Gasteiger partial charge in [-0.05, 0) is 26.3 Å². The molecule has 0 amide bonds. The normalized spacial score (nSPS) is 12.2. The first-order valence-electron chi connectivity index (χ1n) is 7.01. The maximum absolute atomic E-state index is 4.48. The van der Waals surface area contributed by atoms with E-state index >= 15 is 0 Å². The van der Waals surface area contributed by atoms with Crippen LogP contribution in [0.5, 0.6) is 0 Å². The van der Waals surface area contributed by atoms with Crippen molar-refractivity contribution in [2.24, 2.45) is 0 Å². The van der Waals surface area contributed by atoms with Gasteiger partial charge in [0.2, 0.25) is 5.95 Å². The van der Waals surface area contributed by atoms with Gasteiger partial charge in [0, 0.05) is 36.7 Å². The molecule has 6 nitrogen and oxygen atoms in total. The van der Waals surface area contributed by atoms with Crippen molar-refractivity contribution in [1.29, 1.82) is 0 Å². The Morgan fingerprint density at radius 1 is 1.35 bits per heavy atom. The molecule has 0 aromatic carbocycles. The molecule has 0 fully saturated rings. The van der Waals surface area contributed by atoms with Crippen LogP contribution in [0.4, 0.5) is 11.8 Å². The van der Waals surface area contributed by atoms with Crippen LogP contribution < -0.4 is 10.6 Å². The van der Waals surface area contributed by atoms with Crippen molar-refractivity contribution in [2.45, 2.75) is 39.8 Å². The summed E-state index contributed by atoms with van der Waals surface area (Å²) in [4.78, 5) is 8.85. The summed E-state index contributed by atoms with van der Waals surface area (Å²) in [5.41, 5.74) is 0.951. The van der Waals surface area contributed by atoms with Crippen LogP contribution in [0, 0.1) is 6.92 Å². The summed E-state index contributed by atoms with van der Waals surface area (Å²) in [5.74, 6) is 1.52. The largest absolute Gasteiger partial charge is 0.366 e. The summed E-state index contributed by atoms with van der Waals surface area (Å²) >= 11 is 0. The summed E-state index contributed by atoms with van der Waals surface area (Å²) in [6, 6.07) is 4.12. The topological polar surface area (TPSA) is 67.7 Å². The Balaban J connectivity index is 1.98. The molecule has 2 aromatic heterocycles. The van der Waals surface area contributed by atoms with Crippen molar-refractivity contribution >= 4 is 11.8 Å². The lowest BCUT2D eigenvalue weighted by Gasteiger charge is -2.15. The van der Waals surface area contributed by atoms with Gasteiger partial charge in [-0.15, -0.1) is 0 Å². The third-order valence-electron chi connectivity index (χ3n) is 2.80. The number of hydrogen-bond acceptors (Lipinski definition) is 5. The zero-order valence-electron chi connectivity index (χ0n) is 12.3. The highest BCUT2D eigenvalue weighted by Gasteiger charge is 2.06. The molecule has 6 heteroatoms. The first-order chi connectivity index (χ1) is 9.67. The van der Waals surface area contributed by atoms with E-state index in [0.29, 0.717) is 5.95 Å². The predicted octanol–water partition coefficient (Wildman–Crippen LogP) is 2.30. The van der Waals surface area contributed by atoms with Crippen LogP contribution in [-0.4, -0.2) is 32.3 Å². The maximum Gasteiger partial charge on any atom is 0.224 e. The van der Waals surface area contributed by atoms with E-state index in [-0.39, 0.29) is 6.04 Å². The first kappa shape index (κ1) is 14.3.